The highest BCUT2D eigenvalue weighted by Gasteiger charge is 2.36. The zero-order valence-corrected chi connectivity index (χ0v) is 14.1. The van der Waals surface area contributed by atoms with Crippen molar-refractivity contribution >= 4 is 25.0 Å². The van der Waals surface area contributed by atoms with Crippen molar-refractivity contribution in [3.8, 4) is 0 Å². The molecule has 110 valence electrons. The minimum atomic E-state index is -1.67. The van der Waals surface area contributed by atoms with Gasteiger partial charge in [-0.25, -0.2) is 4.98 Å². The number of nitrogens with two attached hydrogens (primary N) is 1. The van der Waals surface area contributed by atoms with E-state index in [2.05, 4.69) is 43.4 Å². The van der Waals surface area contributed by atoms with Crippen LogP contribution in [0, 0.1) is 0 Å². The third kappa shape index (κ3) is 3.04. The Balaban J connectivity index is 2.04. The highest BCUT2D eigenvalue weighted by molar-refractivity contribution is 6.74. The van der Waals surface area contributed by atoms with Crippen LogP contribution in [0.2, 0.25) is 18.1 Å². The van der Waals surface area contributed by atoms with E-state index in [0.717, 1.165) is 29.9 Å². The number of rotatable bonds is 4. The van der Waals surface area contributed by atoms with Gasteiger partial charge in [0.05, 0.1) is 24.0 Å². The van der Waals surface area contributed by atoms with Crippen molar-refractivity contribution in [3.63, 3.8) is 0 Å². The zero-order valence-electron chi connectivity index (χ0n) is 13.1. The summed E-state index contributed by atoms with van der Waals surface area (Å²) in [4.78, 5) is 4.38. The van der Waals surface area contributed by atoms with Crippen molar-refractivity contribution in [2.75, 3.05) is 12.3 Å². The van der Waals surface area contributed by atoms with Crippen molar-refractivity contribution in [1.82, 2.24) is 9.55 Å². The number of nitrogens with zero attached hydrogens (tertiary/aromatic N) is 2. The van der Waals surface area contributed by atoms with Gasteiger partial charge in [0.15, 0.2) is 8.32 Å². The standard InChI is InChI=1S/C15H25N3OSi/c1-15(2,3)20(4,5)19-9-8-18-11-17-13-10-12(16)6-7-14(13)18/h6-7,10-11H,8-9,16H2,1-5H3. The molecule has 0 radical (unpaired) electrons. The largest absolute Gasteiger partial charge is 0.415 e. The Kier molecular flexibility index (Phi) is 3.93. The van der Waals surface area contributed by atoms with Crippen LogP contribution in [0.3, 0.4) is 0 Å². The van der Waals surface area contributed by atoms with Gasteiger partial charge in [-0.15, -0.1) is 0 Å². The summed E-state index contributed by atoms with van der Waals surface area (Å²) in [5, 5.41) is 0.248. The molecule has 0 aliphatic heterocycles. The molecular weight excluding hydrogens is 266 g/mol. The Morgan fingerprint density at radius 3 is 2.65 bits per heavy atom. The molecule has 1 aromatic heterocycles. The van der Waals surface area contributed by atoms with Crippen LogP contribution in [0.1, 0.15) is 20.8 Å². The summed E-state index contributed by atoms with van der Waals surface area (Å²) >= 11 is 0. The molecule has 1 aromatic carbocycles. The molecule has 0 saturated carbocycles. The number of anilines is 1. The topological polar surface area (TPSA) is 53.1 Å². The number of nitrogen functional groups attached to an aromatic ring is 1. The lowest BCUT2D eigenvalue weighted by Gasteiger charge is -2.36. The predicted molar refractivity (Wildman–Crippen MR) is 87.3 cm³/mol. The van der Waals surface area contributed by atoms with Gasteiger partial charge in [0, 0.05) is 12.2 Å². The number of imidazole rings is 1. The summed E-state index contributed by atoms with van der Waals surface area (Å²) in [5.74, 6) is 0. The summed E-state index contributed by atoms with van der Waals surface area (Å²) in [5.41, 5.74) is 8.57. The normalized spacial score (nSPS) is 13.1. The van der Waals surface area contributed by atoms with E-state index in [4.69, 9.17) is 10.2 Å². The molecule has 5 heteroatoms. The molecule has 0 saturated heterocycles. The Hall–Kier alpha value is -1.33. The summed E-state index contributed by atoms with van der Waals surface area (Å²) in [6, 6.07) is 5.83. The predicted octanol–water partition coefficient (Wildman–Crippen LogP) is 3.64. The molecule has 4 nitrogen and oxygen atoms in total. The molecular formula is C15H25N3OSi. The second kappa shape index (κ2) is 5.22. The van der Waals surface area contributed by atoms with E-state index in [9.17, 15) is 0 Å². The maximum absolute atomic E-state index is 6.21. The van der Waals surface area contributed by atoms with Gasteiger partial charge in [0.1, 0.15) is 0 Å². The van der Waals surface area contributed by atoms with Crippen molar-refractivity contribution in [1.29, 1.82) is 0 Å². The molecule has 2 aromatic rings. The molecule has 0 atom stereocenters. The minimum absolute atomic E-state index is 0.248. The van der Waals surface area contributed by atoms with Crippen LogP contribution in [0.15, 0.2) is 24.5 Å². The molecule has 0 unspecified atom stereocenters. The molecule has 0 aliphatic carbocycles. The first kappa shape index (κ1) is 15.1. The number of benzene rings is 1. The monoisotopic (exact) mass is 291 g/mol. The number of fused-ring (bicyclic) bond motifs is 1. The van der Waals surface area contributed by atoms with E-state index in [1.54, 1.807) is 0 Å². The van der Waals surface area contributed by atoms with Crippen LogP contribution in [0.5, 0.6) is 0 Å². The van der Waals surface area contributed by atoms with Gasteiger partial charge in [-0.1, -0.05) is 20.8 Å². The Morgan fingerprint density at radius 2 is 2.00 bits per heavy atom. The van der Waals surface area contributed by atoms with E-state index in [-0.39, 0.29) is 5.04 Å². The number of hydrogen-bond acceptors (Lipinski definition) is 3. The van der Waals surface area contributed by atoms with Crippen LogP contribution in [-0.2, 0) is 11.0 Å². The van der Waals surface area contributed by atoms with Crippen LogP contribution < -0.4 is 5.73 Å². The number of aromatic nitrogens is 2. The molecule has 1 heterocycles. The average Bonchev–Trinajstić information content (AvgIpc) is 2.70. The maximum atomic E-state index is 6.21. The Morgan fingerprint density at radius 1 is 1.30 bits per heavy atom. The fourth-order valence-corrected chi connectivity index (χ4v) is 2.91. The third-order valence-electron chi connectivity index (χ3n) is 4.25. The molecule has 2 rings (SSSR count). The van der Waals surface area contributed by atoms with Crippen LogP contribution >= 0.6 is 0 Å². The minimum Gasteiger partial charge on any atom is -0.415 e. The first-order valence-corrected chi connectivity index (χ1v) is 9.96. The molecule has 0 bridgehead atoms. The molecule has 20 heavy (non-hydrogen) atoms. The smallest absolute Gasteiger partial charge is 0.192 e. The van der Waals surface area contributed by atoms with Gasteiger partial charge in [-0.2, -0.15) is 0 Å². The lowest BCUT2D eigenvalue weighted by molar-refractivity contribution is 0.273. The lowest BCUT2D eigenvalue weighted by atomic mass is 10.2. The summed E-state index contributed by atoms with van der Waals surface area (Å²) in [7, 11) is -1.67. The van der Waals surface area contributed by atoms with Gasteiger partial charge in [0.2, 0.25) is 0 Å². The average molecular weight is 291 g/mol. The number of hydrogen-bond donors (Lipinski definition) is 1. The summed E-state index contributed by atoms with van der Waals surface area (Å²) in [6.07, 6.45) is 1.86. The summed E-state index contributed by atoms with van der Waals surface area (Å²) in [6.45, 7) is 12.9. The van der Waals surface area contributed by atoms with Gasteiger partial charge in [-0.3, -0.25) is 0 Å². The first-order valence-electron chi connectivity index (χ1n) is 7.05. The van der Waals surface area contributed by atoms with Crippen molar-refractivity contribution in [3.05, 3.63) is 24.5 Å². The van der Waals surface area contributed by atoms with Gasteiger partial charge in [-0.05, 0) is 36.3 Å². The van der Waals surface area contributed by atoms with Crippen molar-refractivity contribution in [2.45, 2.75) is 45.4 Å². The highest BCUT2D eigenvalue weighted by Crippen LogP contribution is 2.36. The molecule has 2 N–H and O–H groups in total. The van der Waals surface area contributed by atoms with Gasteiger partial charge >= 0.3 is 0 Å². The van der Waals surface area contributed by atoms with Crippen LogP contribution in [0.25, 0.3) is 11.0 Å². The second-order valence-electron chi connectivity index (χ2n) is 6.79. The van der Waals surface area contributed by atoms with E-state index in [1.165, 1.54) is 0 Å². The van der Waals surface area contributed by atoms with Crippen molar-refractivity contribution in [2.24, 2.45) is 0 Å². The van der Waals surface area contributed by atoms with E-state index >= 15 is 0 Å². The maximum Gasteiger partial charge on any atom is 0.192 e. The van der Waals surface area contributed by atoms with Gasteiger partial charge in [0.25, 0.3) is 0 Å². The quantitative estimate of drug-likeness (QED) is 0.691. The van der Waals surface area contributed by atoms with Gasteiger partial charge < -0.3 is 14.7 Å². The fourth-order valence-electron chi connectivity index (χ4n) is 1.87. The molecule has 0 aliphatic rings. The SMILES string of the molecule is CC(C)(C)[Si](C)(C)OCCn1cnc2cc(N)ccc21. The van der Waals surface area contributed by atoms with Crippen LogP contribution in [-0.4, -0.2) is 24.5 Å². The summed E-state index contributed by atoms with van der Waals surface area (Å²) < 4.78 is 8.33. The van der Waals surface area contributed by atoms with E-state index < -0.39 is 8.32 Å². The second-order valence-corrected chi connectivity index (χ2v) is 11.6. The zero-order chi connectivity index (χ0) is 15.0. The Labute approximate surface area is 122 Å². The fraction of sp³-hybridized carbons (Fsp3) is 0.533. The first-order chi connectivity index (χ1) is 9.21. The lowest BCUT2D eigenvalue weighted by Crippen LogP contribution is -2.41. The van der Waals surface area contributed by atoms with E-state index in [0.29, 0.717) is 0 Å². The highest BCUT2D eigenvalue weighted by atomic mass is 28.4. The van der Waals surface area contributed by atoms with E-state index in [1.807, 2.05) is 24.5 Å². The third-order valence-corrected chi connectivity index (χ3v) is 8.78. The molecule has 0 fully saturated rings. The van der Waals surface area contributed by atoms with Crippen molar-refractivity contribution < 1.29 is 4.43 Å². The van der Waals surface area contributed by atoms with Crippen LogP contribution in [0.4, 0.5) is 5.69 Å². The molecule has 0 spiro atoms. The Bertz CT molecular complexity index is 599. The molecule has 0 amide bonds.